The number of rotatable bonds is 2. The fourth-order valence-electron chi connectivity index (χ4n) is 2.27. The summed E-state index contributed by atoms with van der Waals surface area (Å²) in [5.41, 5.74) is 1.84. The van der Waals surface area contributed by atoms with E-state index in [9.17, 15) is 4.79 Å². The molecule has 0 saturated heterocycles. The second kappa shape index (κ2) is 4.92. The Morgan fingerprint density at radius 2 is 2.09 bits per heavy atom. The smallest absolute Gasteiger partial charge is 0.291 e. The molecule has 0 amide bonds. The molecule has 5 nitrogen and oxygen atoms in total. The standard InChI is InChI=1S/C16H11N3O2S/c1-10-5-2-3-7-12(10)14-17-16-19(18-14)15(20)13(22-16)9-11-6-4-8-21-11/h2-9H,1H3/b13-9-. The highest BCUT2D eigenvalue weighted by Gasteiger charge is 2.13. The number of aryl methyl sites for hydroxylation is 1. The van der Waals surface area contributed by atoms with Gasteiger partial charge in [0.15, 0.2) is 5.82 Å². The van der Waals surface area contributed by atoms with Gasteiger partial charge in [-0.3, -0.25) is 4.79 Å². The van der Waals surface area contributed by atoms with Gasteiger partial charge >= 0.3 is 0 Å². The van der Waals surface area contributed by atoms with Crippen molar-refractivity contribution in [3.05, 3.63) is 68.9 Å². The summed E-state index contributed by atoms with van der Waals surface area (Å²) in [4.78, 5) is 17.4. The zero-order chi connectivity index (χ0) is 15.1. The molecule has 0 atom stereocenters. The first-order chi connectivity index (χ1) is 10.7. The molecule has 6 heteroatoms. The van der Waals surface area contributed by atoms with Crippen molar-refractivity contribution in [2.45, 2.75) is 6.92 Å². The highest BCUT2D eigenvalue weighted by Crippen LogP contribution is 2.20. The number of fused-ring (bicyclic) bond motifs is 1. The van der Waals surface area contributed by atoms with E-state index in [2.05, 4.69) is 10.1 Å². The minimum atomic E-state index is -0.177. The minimum absolute atomic E-state index is 0.177. The third kappa shape index (κ3) is 2.05. The van der Waals surface area contributed by atoms with Crippen LogP contribution in [0.2, 0.25) is 0 Å². The molecular formula is C16H11N3O2S. The average molecular weight is 309 g/mol. The Hall–Kier alpha value is -2.73. The molecule has 0 radical (unpaired) electrons. The Labute approximate surface area is 129 Å². The van der Waals surface area contributed by atoms with Crippen molar-refractivity contribution < 1.29 is 4.42 Å². The molecule has 4 rings (SSSR count). The van der Waals surface area contributed by atoms with Gasteiger partial charge in [-0.05, 0) is 24.6 Å². The summed E-state index contributed by atoms with van der Waals surface area (Å²) in [5.74, 6) is 1.21. The molecule has 0 bridgehead atoms. The molecular weight excluding hydrogens is 298 g/mol. The highest BCUT2D eigenvalue weighted by molar-refractivity contribution is 7.15. The number of nitrogens with zero attached hydrogens (tertiary/aromatic N) is 3. The molecule has 0 spiro atoms. The van der Waals surface area contributed by atoms with Gasteiger partial charge in [0.05, 0.1) is 6.26 Å². The van der Waals surface area contributed by atoms with Crippen molar-refractivity contribution in [2.24, 2.45) is 0 Å². The number of hydrogen-bond acceptors (Lipinski definition) is 5. The van der Waals surface area contributed by atoms with E-state index < -0.39 is 0 Å². The molecule has 0 aliphatic rings. The molecule has 0 aliphatic heterocycles. The van der Waals surface area contributed by atoms with Crippen molar-refractivity contribution in [2.75, 3.05) is 0 Å². The van der Waals surface area contributed by atoms with E-state index in [-0.39, 0.29) is 5.56 Å². The quantitative estimate of drug-likeness (QED) is 0.570. The Bertz CT molecular complexity index is 1060. The maximum atomic E-state index is 12.4. The lowest BCUT2D eigenvalue weighted by Crippen LogP contribution is -2.23. The molecule has 1 aromatic carbocycles. The first-order valence-corrected chi connectivity index (χ1v) is 7.55. The van der Waals surface area contributed by atoms with Crippen LogP contribution in [0.1, 0.15) is 11.3 Å². The van der Waals surface area contributed by atoms with Gasteiger partial charge in [-0.15, -0.1) is 5.10 Å². The number of benzene rings is 1. The normalized spacial score (nSPS) is 12.3. The van der Waals surface area contributed by atoms with Crippen LogP contribution in [0.15, 0.2) is 51.9 Å². The first-order valence-electron chi connectivity index (χ1n) is 6.73. The van der Waals surface area contributed by atoms with Crippen LogP contribution in [-0.4, -0.2) is 14.6 Å². The first kappa shape index (κ1) is 13.0. The van der Waals surface area contributed by atoms with Gasteiger partial charge in [-0.2, -0.15) is 9.50 Å². The lowest BCUT2D eigenvalue weighted by Gasteiger charge is -1.98. The largest absolute Gasteiger partial charge is 0.465 e. The van der Waals surface area contributed by atoms with Gasteiger partial charge in [0.1, 0.15) is 10.3 Å². The number of furan rings is 1. The summed E-state index contributed by atoms with van der Waals surface area (Å²) >= 11 is 1.30. The number of thiazole rings is 1. The van der Waals surface area contributed by atoms with Crippen LogP contribution in [0.25, 0.3) is 22.4 Å². The summed E-state index contributed by atoms with van der Waals surface area (Å²) in [6.07, 6.45) is 3.28. The lowest BCUT2D eigenvalue weighted by molar-refractivity contribution is 0.556. The zero-order valence-electron chi connectivity index (χ0n) is 11.7. The predicted molar refractivity (Wildman–Crippen MR) is 84.8 cm³/mol. The summed E-state index contributed by atoms with van der Waals surface area (Å²) in [6, 6.07) is 11.4. The van der Waals surface area contributed by atoms with Gasteiger partial charge in [0.25, 0.3) is 5.56 Å². The third-order valence-corrected chi connectivity index (χ3v) is 4.34. The molecule has 3 heterocycles. The maximum absolute atomic E-state index is 12.4. The SMILES string of the molecule is Cc1ccccc1-c1nc2s/c(=C\c3ccco3)c(=O)n2n1. The molecule has 0 N–H and O–H groups in total. The van der Waals surface area contributed by atoms with Crippen LogP contribution >= 0.6 is 11.3 Å². The van der Waals surface area contributed by atoms with E-state index in [0.29, 0.717) is 21.1 Å². The Kier molecular flexibility index (Phi) is 2.90. The second-order valence-corrected chi connectivity index (χ2v) is 5.89. The zero-order valence-corrected chi connectivity index (χ0v) is 12.5. The molecule has 4 aromatic rings. The average Bonchev–Trinajstić information content (AvgIpc) is 3.20. The predicted octanol–water partition coefficient (Wildman–Crippen LogP) is 2.27. The van der Waals surface area contributed by atoms with E-state index in [4.69, 9.17) is 4.42 Å². The molecule has 108 valence electrons. The van der Waals surface area contributed by atoms with Gasteiger partial charge < -0.3 is 4.42 Å². The van der Waals surface area contributed by atoms with Crippen LogP contribution in [0.3, 0.4) is 0 Å². The molecule has 3 aromatic heterocycles. The monoisotopic (exact) mass is 309 g/mol. The van der Waals surface area contributed by atoms with E-state index >= 15 is 0 Å². The minimum Gasteiger partial charge on any atom is -0.465 e. The fraction of sp³-hybridized carbons (Fsp3) is 0.0625. The van der Waals surface area contributed by atoms with Crippen LogP contribution in [-0.2, 0) is 0 Å². The Morgan fingerprint density at radius 1 is 1.23 bits per heavy atom. The summed E-state index contributed by atoms with van der Waals surface area (Å²) in [5, 5.41) is 4.35. The Balaban J connectivity index is 1.88. The van der Waals surface area contributed by atoms with Crippen molar-refractivity contribution >= 4 is 22.4 Å². The summed E-state index contributed by atoms with van der Waals surface area (Å²) < 4.78 is 7.14. The Morgan fingerprint density at radius 3 is 2.82 bits per heavy atom. The third-order valence-electron chi connectivity index (χ3n) is 3.38. The van der Waals surface area contributed by atoms with Crippen LogP contribution in [0.4, 0.5) is 0 Å². The van der Waals surface area contributed by atoms with Gasteiger partial charge in [0.2, 0.25) is 4.96 Å². The van der Waals surface area contributed by atoms with E-state index in [1.54, 1.807) is 24.5 Å². The number of aromatic nitrogens is 3. The van der Waals surface area contributed by atoms with Crippen molar-refractivity contribution in [3.8, 4) is 11.4 Å². The summed E-state index contributed by atoms with van der Waals surface area (Å²) in [6.45, 7) is 2.00. The second-order valence-electron chi connectivity index (χ2n) is 4.88. The van der Waals surface area contributed by atoms with Crippen LogP contribution in [0, 0.1) is 6.92 Å². The van der Waals surface area contributed by atoms with E-state index in [1.165, 1.54) is 15.9 Å². The van der Waals surface area contributed by atoms with Crippen LogP contribution < -0.4 is 10.1 Å². The molecule has 0 fully saturated rings. The van der Waals surface area contributed by atoms with Crippen molar-refractivity contribution in [1.29, 1.82) is 0 Å². The van der Waals surface area contributed by atoms with Crippen molar-refractivity contribution in [1.82, 2.24) is 14.6 Å². The molecule has 0 aliphatic carbocycles. The molecule has 0 unspecified atom stereocenters. The molecule has 22 heavy (non-hydrogen) atoms. The maximum Gasteiger partial charge on any atom is 0.291 e. The summed E-state index contributed by atoms with van der Waals surface area (Å²) in [7, 11) is 0. The fourth-order valence-corrected chi connectivity index (χ4v) is 3.16. The van der Waals surface area contributed by atoms with E-state index in [1.807, 2.05) is 31.2 Å². The van der Waals surface area contributed by atoms with E-state index in [0.717, 1.165) is 11.1 Å². The van der Waals surface area contributed by atoms with Gasteiger partial charge in [-0.1, -0.05) is 35.6 Å². The highest BCUT2D eigenvalue weighted by atomic mass is 32.1. The van der Waals surface area contributed by atoms with Crippen LogP contribution in [0.5, 0.6) is 0 Å². The van der Waals surface area contributed by atoms with Crippen molar-refractivity contribution in [3.63, 3.8) is 0 Å². The number of hydrogen-bond donors (Lipinski definition) is 0. The van der Waals surface area contributed by atoms with Gasteiger partial charge in [-0.25, -0.2) is 0 Å². The topological polar surface area (TPSA) is 60.4 Å². The van der Waals surface area contributed by atoms with Gasteiger partial charge in [0, 0.05) is 11.6 Å². The molecule has 0 saturated carbocycles. The lowest BCUT2D eigenvalue weighted by atomic mass is 10.1.